The lowest BCUT2D eigenvalue weighted by atomic mass is 10.0. The predicted octanol–water partition coefficient (Wildman–Crippen LogP) is 2.48. The summed E-state index contributed by atoms with van der Waals surface area (Å²) in [5, 5.41) is 4.55. The highest BCUT2D eigenvalue weighted by Gasteiger charge is 2.18. The van der Waals surface area contributed by atoms with Crippen molar-refractivity contribution in [2.24, 2.45) is 11.7 Å². The molecule has 1 aliphatic carbocycles. The normalized spacial score (nSPS) is 17.8. The minimum Gasteiger partial charge on any atom is -0.330 e. The lowest BCUT2D eigenvalue weighted by Crippen LogP contribution is -2.13. The first-order chi connectivity index (χ1) is 9.19. The summed E-state index contributed by atoms with van der Waals surface area (Å²) < 4.78 is 2.05. The second-order valence-electron chi connectivity index (χ2n) is 5.82. The molecule has 19 heavy (non-hydrogen) atoms. The molecule has 0 amide bonds. The van der Waals surface area contributed by atoms with Crippen molar-refractivity contribution in [2.45, 2.75) is 57.9 Å². The van der Waals surface area contributed by atoms with Gasteiger partial charge in [-0.2, -0.15) is 5.10 Å². The molecule has 1 unspecified atom stereocenters. The summed E-state index contributed by atoms with van der Waals surface area (Å²) in [5.41, 5.74) is 6.47. The van der Waals surface area contributed by atoms with Crippen molar-refractivity contribution >= 4 is 5.78 Å². The average molecular weight is 263 g/mol. The van der Waals surface area contributed by atoms with Gasteiger partial charge in [-0.25, -0.2) is 0 Å². The van der Waals surface area contributed by atoms with Crippen molar-refractivity contribution in [3.05, 3.63) is 18.0 Å². The van der Waals surface area contributed by atoms with Crippen LogP contribution in [0.5, 0.6) is 0 Å². The first-order valence-corrected chi connectivity index (χ1v) is 7.45. The van der Waals surface area contributed by atoms with Crippen LogP contribution in [0.25, 0.3) is 0 Å². The number of carbonyl (C=O) groups is 1. The van der Waals surface area contributed by atoms with Crippen molar-refractivity contribution < 1.29 is 4.79 Å². The van der Waals surface area contributed by atoms with Crippen LogP contribution in [0.1, 0.15) is 57.2 Å². The summed E-state index contributed by atoms with van der Waals surface area (Å²) in [6, 6.07) is 2.55. The van der Waals surface area contributed by atoms with Crippen molar-refractivity contribution in [3.63, 3.8) is 0 Å². The van der Waals surface area contributed by atoms with Crippen LogP contribution in [-0.2, 0) is 11.2 Å². The summed E-state index contributed by atoms with van der Waals surface area (Å²) in [6.45, 7) is 2.74. The first-order valence-electron chi connectivity index (χ1n) is 7.45. The second kappa shape index (κ2) is 6.85. The highest BCUT2D eigenvalue weighted by atomic mass is 16.1. The molecule has 1 aromatic heterocycles. The van der Waals surface area contributed by atoms with Crippen molar-refractivity contribution in [2.75, 3.05) is 6.54 Å². The molecule has 2 rings (SSSR count). The lowest BCUT2D eigenvalue weighted by Gasteiger charge is -2.09. The number of Topliss-reactive ketones (excluding diaryl/α,β-unsaturated/α-hetero) is 1. The Labute approximate surface area is 115 Å². The van der Waals surface area contributed by atoms with E-state index in [0.717, 1.165) is 12.1 Å². The highest BCUT2D eigenvalue weighted by molar-refractivity contribution is 5.80. The van der Waals surface area contributed by atoms with Gasteiger partial charge in [0, 0.05) is 12.6 Å². The van der Waals surface area contributed by atoms with E-state index in [4.69, 9.17) is 5.73 Å². The number of ketones is 1. The number of nitrogens with zero attached hydrogens (tertiary/aromatic N) is 2. The SMILES string of the molecule is CC(CN)CCC(=O)Cc1ccn(C2CCCC2)n1. The Morgan fingerprint density at radius 3 is 2.95 bits per heavy atom. The van der Waals surface area contributed by atoms with E-state index in [0.29, 0.717) is 31.3 Å². The number of hydrogen-bond donors (Lipinski definition) is 1. The van der Waals surface area contributed by atoms with E-state index in [-0.39, 0.29) is 5.78 Å². The van der Waals surface area contributed by atoms with Crippen molar-refractivity contribution in [1.29, 1.82) is 0 Å². The van der Waals surface area contributed by atoms with Gasteiger partial charge in [0.2, 0.25) is 0 Å². The van der Waals surface area contributed by atoms with Crippen LogP contribution in [0.15, 0.2) is 12.3 Å². The fourth-order valence-electron chi connectivity index (χ4n) is 2.66. The molecule has 1 aromatic rings. The minimum absolute atomic E-state index is 0.275. The second-order valence-corrected chi connectivity index (χ2v) is 5.82. The monoisotopic (exact) mass is 263 g/mol. The highest BCUT2D eigenvalue weighted by Crippen LogP contribution is 2.28. The Hall–Kier alpha value is -1.16. The first kappa shape index (κ1) is 14.3. The van der Waals surface area contributed by atoms with E-state index in [2.05, 4.69) is 16.7 Å². The van der Waals surface area contributed by atoms with E-state index < -0.39 is 0 Å². The molecule has 1 saturated carbocycles. The standard InChI is InChI=1S/C15H25N3O/c1-12(11-16)6-7-15(19)10-13-8-9-18(17-13)14-4-2-3-5-14/h8-9,12,14H,2-7,10-11,16H2,1H3. The van der Waals surface area contributed by atoms with Gasteiger partial charge in [0.1, 0.15) is 5.78 Å². The van der Waals surface area contributed by atoms with E-state index >= 15 is 0 Å². The number of nitrogens with two attached hydrogens (primary N) is 1. The molecule has 1 heterocycles. The molecule has 0 aliphatic heterocycles. The minimum atomic E-state index is 0.275. The van der Waals surface area contributed by atoms with Crippen LogP contribution < -0.4 is 5.73 Å². The van der Waals surface area contributed by atoms with E-state index in [1.807, 2.05) is 12.3 Å². The van der Waals surface area contributed by atoms with Gasteiger partial charge in [0.15, 0.2) is 0 Å². The van der Waals surface area contributed by atoms with E-state index in [1.165, 1.54) is 25.7 Å². The average Bonchev–Trinajstić information content (AvgIpc) is 3.06. The number of rotatable bonds is 7. The Morgan fingerprint density at radius 2 is 2.26 bits per heavy atom. The molecular weight excluding hydrogens is 238 g/mol. The maximum Gasteiger partial charge on any atom is 0.138 e. The maximum absolute atomic E-state index is 11.9. The zero-order valence-corrected chi connectivity index (χ0v) is 11.8. The van der Waals surface area contributed by atoms with Crippen LogP contribution in [0.4, 0.5) is 0 Å². The molecule has 0 spiro atoms. The molecule has 4 heteroatoms. The van der Waals surface area contributed by atoms with Gasteiger partial charge in [0.05, 0.1) is 18.2 Å². The van der Waals surface area contributed by atoms with Crippen molar-refractivity contribution in [3.8, 4) is 0 Å². The topological polar surface area (TPSA) is 60.9 Å². The molecule has 1 aliphatic rings. The van der Waals surface area contributed by atoms with E-state index in [9.17, 15) is 4.79 Å². The van der Waals surface area contributed by atoms with Crippen LogP contribution >= 0.6 is 0 Å². The van der Waals surface area contributed by atoms with Crippen LogP contribution in [0.3, 0.4) is 0 Å². The molecule has 0 radical (unpaired) electrons. The Kier molecular flexibility index (Phi) is 5.14. The maximum atomic E-state index is 11.9. The molecule has 106 valence electrons. The summed E-state index contributed by atoms with van der Waals surface area (Å²) in [4.78, 5) is 11.9. The third-order valence-electron chi connectivity index (χ3n) is 4.06. The molecule has 4 nitrogen and oxygen atoms in total. The van der Waals surface area contributed by atoms with Crippen molar-refractivity contribution in [1.82, 2.24) is 9.78 Å². The molecule has 2 N–H and O–H groups in total. The van der Waals surface area contributed by atoms with Gasteiger partial charge in [-0.1, -0.05) is 19.8 Å². The third-order valence-corrected chi connectivity index (χ3v) is 4.06. The van der Waals surface area contributed by atoms with Gasteiger partial charge < -0.3 is 5.73 Å². The molecule has 0 saturated heterocycles. The van der Waals surface area contributed by atoms with Crippen LogP contribution in [0, 0.1) is 5.92 Å². The fourth-order valence-corrected chi connectivity index (χ4v) is 2.66. The summed E-state index contributed by atoms with van der Waals surface area (Å²) in [6.07, 6.45) is 9.06. The zero-order chi connectivity index (χ0) is 13.7. The summed E-state index contributed by atoms with van der Waals surface area (Å²) in [5.74, 6) is 0.706. The quantitative estimate of drug-likeness (QED) is 0.822. The van der Waals surface area contributed by atoms with Gasteiger partial charge in [0.25, 0.3) is 0 Å². The number of carbonyl (C=O) groups excluding carboxylic acids is 1. The number of hydrogen-bond acceptors (Lipinski definition) is 3. The number of aromatic nitrogens is 2. The molecule has 1 atom stereocenters. The van der Waals surface area contributed by atoms with Gasteiger partial charge >= 0.3 is 0 Å². The fraction of sp³-hybridized carbons (Fsp3) is 0.733. The van der Waals surface area contributed by atoms with Gasteiger partial charge in [-0.05, 0) is 37.8 Å². The van der Waals surface area contributed by atoms with E-state index in [1.54, 1.807) is 0 Å². The van der Waals surface area contributed by atoms with Gasteiger partial charge in [-0.3, -0.25) is 9.48 Å². The molecule has 0 bridgehead atoms. The van der Waals surface area contributed by atoms with Gasteiger partial charge in [-0.15, -0.1) is 0 Å². The smallest absolute Gasteiger partial charge is 0.138 e. The largest absolute Gasteiger partial charge is 0.330 e. The Balaban J connectivity index is 1.80. The third kappa shape index (κ3) is 4.16. The lowest BCUT2D eigenvalue weighted by molar-refractivity contribution is -0.118. The molecular formula is C15H25N3O. The summed E-state index contributed by atoms with van der Waals surface area (Å²) in [7, 11) is 0. The Bertz CT molecular complexity index is 407. The molecule has 1 fully saturated rings. The molecule has 0 aromatic carbocycles. The Morgan fingerprint density at radius 1 is 1.53 bits per heavy atom. The zero-order valence-electron chi connectivity index (χ0n) is 11.8. The van der Waals surface area contributed by atoms with Crippen LogP contribution in [-0.4, -0.2) is 22.1 Å². The predicted molar refractivity (Wildman–Crippen MR) is 75.9 cm³/mol. The summed E-state index contributed by atoms with van der Waals surface area (Å²) >= 11 is 0. The van der Waals surface area contributed by atoms with Crippen LogP contribution in [0.2, 0.25) is 0 Å².